The third-order valence-electron chi connectivity index (χ3n) is 4.66. The molecule has 0 radical (unpaired) electrons. The number of hydrogen-bond acceptors (Lipinski definition) is 5. The first-order valence-corrected chi connectivity index (χ1v) is 9.70. The zero-order valence-electron chi connectivity index (χ0n) is 15.9. The minimum Gasteiger partial charge on any atom is -0.369 e. The highest BCUT2D eigenvalue weighted by Crippen LogP contribution is 2.34. The summed E-state index contributed by atoms with van der Waals surface area (Å²) >= 11 is 1.38. The van der Waals surface area contributed by atoms with E-state index in [9.17, 15) is 9.18 Å². The lowest BCUT2D eigenvalue weighted by Gasteiger charge is -2.20. The van der Waals surface area contributed by atoms with E-state index in [-0.39, 0.29) is 17.8 Å². The number of nitrogens with zero attached hydrogens (tertiary/aromatic N) is 3. The molecule has 0 unspecified atom stereocenters. The monoisotopic (exact) mass is 386 g/mol. The van der Waals surface area contributed by atoms with Crippen molar-refractivity contribution in [3.8, 4) is 0 Å². The fourth-order valence-electron chi connectivity index (χ4n) is 2.82. The first-order chi connectivity index (χ1) is 12.9. The number of benzene rings is 1. The number of amides is 1. The maximum Gasteiger partial charge on any atom is 0.264 e. The number of rotatable bonds is 6. The number of aryl methyl sites for hydroxylation is 1. The van der Waals surface area contributed by atoms with Gasteiger partial charge in [-0.1, -0.05) is 18.2 Å². The number of carbonyl (C=O) groups excluding carboxylic acids is 1. The van der Waals surface area contributed by atoms with Gasteiger partial charge < -0.3 is 10.2 Å². The van der Waals surface area contributed by atoms with Gasteiger partial charge in [-0.15, -0.1) is 11.3 Å². The van der Waals surface area contributed by atoms with Crippen LogP contribution in [-0.2, 0) is 6.42 Å². The van der Waals surface area contributed by atoms with Crippen molar-refractivity contribution in [2.75, 3.05) is 18.9 Å². The molecule has 3 aromatic rings. The molecule has 1 amide bonds. The van der Waals surface area contributed by atoms with Gasteiger partial charge in [0.25, 0.3) is 5.91 Å². The topological polar surface area (TPSA) is 58.1 Å². The van der Waals surface area contributed by atoms with Crippen LogP contribution in [0.4, 0.5) is 10.2 Å². The van der Waals surface area contributed by atoms with Crippen molar-refractivity contribution < 1.29 is 9.18 Å². The van der Waals surface area contributed by atoms with E-state index in [4.69, 9.17) is 0 Å². The lowest BCUT2D eigenvalue weighted by molar-refractivity contribution is 0.0759. The summed E-state index contributed by atoms with van der Waals surface area (Å²) in [6.07, 6.45) is 2.04. The van der Waals surface area contributed by atoms with Gasteiger partial charge in [-0.05, 0) is 44.4 Å². The molecule has 0 aliphatic carbocycles. The Labute approximate surface area is 162 Å². The number of nitrogens with one attached hydrogen (secondary N) is 1. The maximum absolute atomic E-state index is 13.8. The van der Waals surface area contributed by atoms with E-state index in [1.54, 1.807) is 24.1 Å². The van der Waals surface area contributed by atoms with Crippen LogP contribution < -0.4 is 5.32 Å². The standard InChI is InChI=1S/C20H23FN4OS/c1-12(2)25(4)20(26)17-13(3)16-18(23-11-24-19(16)27-17)22-10-9-14-7-5-6-8-15(14)21/h5-8,11-12H,9-10H2,1-4H3,(H,22,23,24). The van der Waals surface area contributed by atoms with Crippen LogP contribution in [0.1, 0.15) is 34.6 Å². The molecule has 0 atom stereocenters. The van der Waals surface area contributed by atoms with E-state index >= 15 is 0 Å². The number of fused-ring (bicyclic) bond motifs is 1. The highest BCUT2D eigenvalue weighted by Gasteiger charge is 2.22. The highest BCUT2D eigenvalue weighted by molar-refractivity contribution is 7.20. The summed E-state index contributed by atoms with van der Waals surface area (Å²) < 4.78 is 13.8. The van der Waals surface area contributed by atoms with Gasteiger partial charge in [0.2, 0.25) is 0 Å². The maximum atomic E-state index is 13.8. The molecule has 2 heterocycles. The Morgan fingerprint density at radius 1 is 1.30 bits per heavy atom. The van der Waals surface area contributed by atoms with Crippen LogP contribution in [0.5, 0.6) is 0 Å². The molecular formula is C20H23FN4OS. The molecule has 3 rings (SSSR count). The fraction of sp³-hybridized carbons (Fsp3) is 0.350. The molecule has 142 valence electrons. The van der Waals surface area contributed by atoms with Gasteiger partial charge in [-0.2, -0.15) is 0 Å². The smallest absolute Gasteiger partial charge is 0.264 e. The Balaban J connectivity index is 1.84. The molecule has 1 N–H and O–H groups in total. The molecule has 0 saturated heterocycles. The van der Waals surface area contributed by atoms with Crippen molar-refractivity contribution in [1.29, 1.82) is 0 Å². The van der Waals surface area contributed by atoms with E-state index in [2.05, 4.69) is 15.3 Å². The van der Waals surface area contributed by atoms with Gasteiger partial charge >= 0.3 is 0 Å². The molecule has 0 aliphatic heterocycles. The summed E-state index contributed by atoms with van der Waals surface area (Å²) in [6, 6.07) is 6.87. The number of anilines is 1. The van der Waals surface area contributed by atoms with Crippen molar-refractivity contribution >= 4 is 33.3 Å². The average Bonchev–Trinajstić information content (AvgIpc) is 2.99. The molecule has 2 aromatic heterocycles. The van der Waals surface area contributed by atoms with E-state index in [0.29, 0.717) is 29.2 Å². The Bertz CT molecular complexity index is 970. The molecule has 0 spiro atoms. The van der Waals surface area contributed by atoms with Crippen LogP contribution >= 0.6 is 11.3 Å². The predicted molar refractivity (Wildman–Crippen MR) is 108 cm³/mol. The lowest BCUT2D eigenvalue weighted by Crippen LogP contribution is -2.32. The number of thiophene rings is 1. The molecular weight excluding hydrogens is 363 g/mol. The Morgan fingerprint density at radius 2 is 2.04 bits per heavy atom. The first-order valence-electron chi connectivity index (χ1n) is 8.88. The van der Waals surface area contributed by atoms with Gasteiger partial charge in [0.15, 0.2) is 0 Å². The second-order valence-corrected chi connectivity index (χ2v) is 7.74. The fourth-order valence-corrected chi connectivity index (χ4v) is 3.95. The molecule has 27 heavy (non-hydrogen) atoms. The second kappa shape index (κ2) is 8.00. The van der Waals surface area contributed by atoms with Gasteiger partial charge in [0.1, 0.15) is 22.8 Å². The minimum atomic E-state index is -0.205. The Morgan fingerprint density at radius 3 is 2.74 bits per heavy atom. The van der Waals surface area contributed by atoms with Crippen LogP contribution in [0.2, 0.25) is 0 Å². The molecule has 0 aliphatic rings. The van der Waals surface area contributed by atoms with Gasteiger partial charge in [-0.3, -0.25) is 4.79 Å². The van der Waals surface area contributed by atoms with E-state index in [0.717, 1.165) is 15.8 Å². The van der Waals surface area contributed by atoms with E-state index in [1.807, 2.05) is 26.8 Å². The van der Waals surface area contributed by atoms with E-state index < -0.39 is 0 Å². The van der Waals surface area contributed by atoms with Crippen molar-refractivity contribution in [2.24, 2.45) is 0 Å². The van der Waals surface area contributed by atoms with Crippen LogP contribution in [0.15, 0.2) is 30.6 Å². The summed E-state index contributed by atoms with van der Waals surface area (Å²) in [5.74, 6) is 0.461. The van der Waals surface area contributed by atoms with Crippen LogP contribution in [0, 0.1) is 12.7 Å². The van der Waals surface area contributed by atoms with Gasteiger partial charge in [0, 0.05) is 19.6 Å². The second-order valence-electron chi connectivity index (χ2n) is 6.74. The third kappa shape index (κ3) is 3.93. The normalized spacial score (nSPS) is 11.2. The lowest BCUT2D eigenvalue weighted by atomic mass is 10.1. The summed E-state index contributed by atoms with van der Waals surface area (Å²) in [6.45, 7) is 6.43. The number of hydrogen-bond donors (Lipinski definition) is 1. The molecule has 5 nitrogen and oxygen atoms in total. The van der Waals surface area contributed by atoms with Crippen molar-refractivity contribution in [3.63, 3.8) is 0 Å². The van der Waals surface area contributed by atoms with Crippen LogP contribution in [0.25, 0.3) is 10.2 Å². The predicted octanol–water partition coefficient (Wildman–Crippen LogP) is 4.27. The van der Waals surface area contributed by atoms with Crippen molar-refractivity contribution in [1.82, 2.24) is 14.9 Å². The third-order valence-corrected chi connectivity index (χ3v) is 5.85. The Hall–Kier alpha value is -2.54. The highest BCUT2D eigenvalue weighted by atomic mass is 32.1. The minimum absolute atomic E-state index is 0.0113. The quantitative estimate of drug-likeness (QED) is 0.687. The summed E-state index contributed by atoms with van der Waals surface area (Å²) in [4.78, 5) is 24.6. The Kier molecular flexibility index (Phi) is 5.70. The summed E-state index contributed by atoms with van der Waals surface area (Å²) in [5, 5.41) is 4.13. The number of carbonyl (C=O) groups is 1. The van der Waals surface area contributed by atoms with Gasteiger partial charge in [-0.25, -0.2) is 14.4 Å². The number of aromatic nitrogens is 2. The zero-order chi connectivity index (χ0) is 19.6. The first kappa shape index (κ1) is 19.2. The molecule has 1 aromatic carbocycles. The SMILES string of the molecule is Cc1c(C(=O)N(C)C(C)C)sc2ncnc(NCCc3ccccc3F)c12. The molecule has 0 fully saturated rings. The largest absolute Gasteiger partial charge is 0.369 e. The van der Waals surface area contributed by atoms with Crippen molar-refractivity contribution in [2.45, 2.75) is 33.2 Å². The number of halogens is 1. The molecule has 0 saturated carbocycles. The van der Waals surface area contributed by atoms with Crippen LogP contribution in [-0.4, -0.2) is 40.4 Å². The summed E-state index contributed by atoms with van der Waals surface area (Å²) in [5.41, 5.74) is 1.54. The van der Waals surface area contributed by atoms with Crippen molar-refractivity contribution in [3.05, 3.63) is 52.4 Å². The molecule has 0 bridgehead atoms. The summed E-state index contributed by atoms with van der Waals surface area (Å²) in [7, 11) is 1.80. The van der Waals surface area contributed by atoms with Gasteiger partial charge in [0.05, 0.1) is 10.3 Å². The van der Waals surface area contributed by atoms with Crippen LogP contribution in [0.3, 0.4) is 0 Å². The average molecular weight is 386 g/mol. The zero-order valence-corrected chi connectivity index (χ0v) is 16.7. The van der Waals surface area contributed by atoms with E-state index in [1.165, 1.54) is 23.7 Å². The molecule has 7 heteroatoms.